The van der Waals surface area contributed by atoms with Crippen molar-refractivity contribution in [1.82, 2.24) is 10.2 Å². The van der Waals surface area contributed by atoms with Crippen molar-refractivity contribution in [1.29, 1.82) is 0 Å². The zero-order valence-corrected chi connectivity index (χ0v) is 14.3. The zero-order chi connectivity index (χ0) is 16.8. The van der Waals surface area contributed by atoms with Crippen LogP contribution in [0.2, 0.25) is 0 Å². The summed E-state index contributed by atoms with van der Waals surface area (Å²) in [4.78, 5) is 14.4. The number of amides is 1. The number of carbonyl (C=O) groups excluding carboxylic acids is 1. The standard InChI is InChI=1S/C18H28N2O3/c1-13(2)23-16-8-6-14(7-9-16)17(21)11-19-18(22)15-5-4-10-20(3)12-15/h6-9,13,15,17,21H,4-5,10-12H2,1-3H3,(H,19,22). The van der Waals surface area contributed by atoms with Crippen LogP contribution in [0.5, 0.6) is 5.75 Å². The van der Waals surface area contributed by atoms with Crippen molar-refractivity contribution in [2.24, 2.45) is 5.92 Å². The van der Waals surface area contributed by atoms with Gasteiger partial charge in [0.25, 0.3) is 0 Å². The molecule has 2 N–H and O–H groups in total. The van der Waals surface area contributed by atoms with Crippen molar-refractivity contribution < 1.29 is 14.6 Å². The van der Waals surface area contributed by atoms with Crippen LogP contribution in [-0.2, 0) is 4.79 Å². The van der Waals surface area contributed by atoms with E-state index in [1.165, 1.54) is 0 Å². The largest absolute Gasteiger partial charge is 0.491 e. The van der Waals surface area contributed by atoms with E-state index in [0.29, 0.717) is 0 Å². The molecule has 1 aromatic carbocycles. The van der Waals surface area contributed by atoms with Gasteiger partial charge in [-0.15, -0.1) is 0 Å². The second-order valence-corrected chi connectivity index (χ2v) is 6.60. The van der Waals surface area contributed by atoms with Crippen molar-refractivity contribution in [3.63, 3.8) is 0 Å². The van der Waals surface area contributed by atoms with E-state index in [1.807, 2.05) is 45.2 Å². The molecule has 0 saturated carbocycles. The minimum absolute atomic E-state index is 0.0303. The van der Waals surface area contributed by atoms with Gasteiger partial charge in [-0.05, 0) is 58.0 Å². The van der Waals surface area contributed by atoms with Crippen molar-refractivity contribution in [3.8, 4) is 5.75 Å². The maximum Gasteiger partial charge on any atom is 0.224 e. The van der Waals surface area contributed by atoms with Gasteiger partial charge >= 0.3 is 0 Å². The highest BCUT2D eigenvalue weighted by Crippen LogP contribution is 2.19. The number of carbonyl (C=O) groups is 1. The summed E-state index contributed by atoms with van der Waals surface area (Å²) in [5.74, 6) is 0.850. The molecule has 1 aliphatic heterocycles. The lowest BCUT2D eigenvalue weighted by molar-refractivity contribution is -0.127. The number of nitrogens with zero attached hydrogens (tertiary/aromatic N) is 1. The van der Waals surface area contributed by atoms with Crippen molar-refractivity contribution in [2.45, 2.75) is 38.9 Å². The van der Waals surface area contributed by atoms with Gasteiger partial charge in [0.05, 0.1) is 18.1 Å². The van der Waals surface area contributed by atoms with E-state index < -0.39 is 6.10 Å². The van der Waals surface area contributed by atoms with Gasteiger partial charge in [0.1, 0.15) is 5.75 Å². The first kappa shape index (κ1) is 17.8. The molecule has 0 spiro atoms. The van der Waals surface area contributed by atoms with Crippen LogP contribution in [0, 0.1) is 5.92 Å². The van der Waals surface area contributed by atoms with Crippen LogP contribution in [0.15, 0.2) is 24.3 Å². The average molecular weight is 320 g/mol. The predicted molar refractivity (Wildman–Crippen MR) is 90.4 cm³/mol. The normalized spacial score (nSPS) is 20.3. The second-order valence-electron chi connectivity index (χ2n) is 6.60. The SMILES string of the molecule is CC(C)Oc1ccc(C(O)CNC(=O)C2CCCN(C)C2)cc1. The van der Waals surface area contributed by atoms with E-state index in [2.05, 4.69) is 10.2 Å². The fourth-order valence-corrected chi connectivity index (χ4v) is 2.88. The van der Waals surface area contributed by atoms with Crippen molar-refractivity contribution in [3.05, 3.63) is 29.8 Å². The predicted octanol–water partition coefficient (Wildman–Crippen LogP) is 1.97. The highest BCUT2D eigenvalue weighted by atomic mass is 16.5. The molecule has 128 valence electrons. The molecule has 1 aliphatic rings. The Labute approximate surface area is 138 Å². The molecule has 1 fully saturated rings. The van der Waals surface area contributed by atoms with Crippen LogP contribution >= 0.6 is 0 Å². The molecule has 0 bridgehead atoms. The lowest BCUT2D eigenvalue weighted by Gasteiger charge is -2.29. The topological polar surface area (TPSA) is 61.8 Å². The number of benzene rings is 1. The summed E-state index contributed by atoms with van der Waals surface area (Å²) in [7, 11) is 2.04. The van der Waals surface area contributed by atoms with E-state index in [4.69, 9.17) is 4.74 Å². The van der Waals surface area contributed by atoms with E-state index in [1.54, 1.807) is 0 Å². The van der Waals surface area contributed by atoms with E-state index in [-0.39, 0.29) is 24.5 Å². The second kappa shape index (κ2) is 8.31. The maximum atomic E-state index is 12.2. The highest BCUT2D eigenvalue weighted by Gasteiger charge is 2.24. The van der Waals surface area contributed by atoms with Crippen LogP contribution in [-0.4, -0.2) is 48.7 Å². The number of nitrogens with one attached hydrogen (secondary N) is 1. The number of rotatable bonds is 6. The summed E-state index contributed by atoms with van der Waals surface area (Å²) >= 11 is 0. The molecule has 0 radical (unpaired) electrons. The number of aliphatic hydroxyl groups is 1. The first-order chi connectivity index (χ1) is 11.0. The van der Waals surface area contributed by atoms with Crippen molar-refractivity contribution in [2.75, 3.05) is 26.7 Å². The summed E-state index contributed by atoms with van der Waals surface area (Å²) in [5.41, 5.74) is 0.780. The first-order valence-electron chi connectivity index (χ1n) is 8.36. The van der Waals surface area contributed by atoms with Crippen LogP contribution in [0.25, 0.3) is 0 Å². The smallest absolute Gasteiger partial charge is 0.224 e. The molecule has 1 heterocycles. The van der Waals surface area contributed by atoms with Crippen LogP contribution in [0.3, 0.4) is 0 Å². The molecule has 5 nitrogen and oxygen atoms in total. The fourth-order valence-electron chi connectivity index (χ4n) is 2.88. The Kier molecular flexibility index (Phi) is 6.42. The van der Waals surface area contributed by atoms with Crippen molar-refractivity contribution >= 4 is 5.91 Å². The van der Waals surface area contributed by atoms with Gasteiger partial charge in [0.15, 0.2) is 0 Å². The van der Waals surface area contributed by atoms with Gasteiger partial charge in [0.2, 0.25) is 5.91 Å². The van der Waals surface area contributed by atoms with Crippen LogP contribution in [0.1, 0.15) is 38.4 Å². The summed E-state index contributed by atoms with van der Waals surface area (Å²) < 4.78 is 5.58. The van der Waals surface area contributed by atoms with E-state index in [9.17, 15) is 9.90 Å². The summed E-state index contributed by atoms with van der Waals surface area (Å²) in [5, 5.41) is 13.1. The van der Waals surface area contributed by atoms with Gasteiger partial charge in [-0.3, -0.25) is 4.79 Å². The number of likely N-dealkylation sites (tertiary alicyclic amines) is 1. The average Bonchev–Trinajstić information content (AvgIpc) is 2.52. The molecule has 2 unspecified atom stereocenters. The Morgan fingerprint density at radius 3 is 2.70 bits per heavy atom. The molecule has 2 rings (SSSR count). The summed E-state index contributed by atoms with van der Waals surface area (Å²) in [6, 6.07) is 7.36. The third-order valence-electron chi connectivity index (χ3n) is 4.10. The zero-order valence-electron chi connectivity index (χ0n) is 14.3. The molecule has 1 aromatic rings. The Bertz CT molecular complexity index is 501. The molecule has 1 amide bonds. The minimum atomic E-state index is -0.701. The Morgan fingerprint density at radius 1 is 1.39 bits per heavy atom. The number of hydrogen-bond acceptors (Lipinski definition) is 4. The quantitative estimate of drug-likeness (QED) is 0.841. The minimum Gasteiger partial charge on any atom is -0.491 e. The molecular weight excluding hydrogens is 292 g/mol. The summed E-state index contributed by atoms with van der Waals surface area (Å²) in [6.45, 7) is 6.03. The highest BCUT2D eigenvalue weighted by molar-refractivity contribution is 5.79. The molecular formula is C18H28N2O3. The Hall–Kier alpha value is -1.59. The number of piperidine rings is 1. The van der Waals surface area contributed by atoms with Gasteiger partial charge < -0.3 is 20.1 Å². The lowest BCUT2D eigenvalue weighted by Crippen LogP contribution is -2.42. The number of hydrogen-bond donors (Lipinski definition) is 2. The maximum absolute atomic E-state index is 12.2. The molecule has 23 heavy (non-hydrogen) atoms. The molecule has 0 aliphatic carbocycles. The Balaban J connectivity index is 1.81. The third kappa shape index (κ3) is 5.52. The van der Waals surface area contributed by atoms with Crippen LogP contribution < -0.4 is 10.1 Å². The molecule has 2 atom stereocenters. The summed E-state index contributed by atoms with van der Waals surface area (Å²) in [6.07, 6.45) is 1.40. The number of ether oxygens (including phenoxy) is 1. The van der Waals surface area contributed by atoms with Gasteiger partial charge in [-0.2, -0.15) is 0 Å². The van der Waals surface area contributed by atoms with Crippen LogP contribution in [0.4, 0.5) is 0 Å². The molecule has 5 heteroatoms. The molecule has 0 aromatic heterocycles. The van der Waals surface area contributed by atoms with E-state index >= 15 is 0 Å². The van der Waals surface area contributed by atoms with E-state index in [0.717, 1.165) is 37.2 Å². The number of aliphatic hydroxyl groups excluding tert-OH is 1. The third-order valence-corrected chi connectivity index (χ3v) is 4.10. The molecule has 1 saturated heterocycles. The van der Waals surface area contributed by atoms with Gasteiger partial charge in [-0.1, -0.05) is 12.1 Å². The monoisotopic (exact) mass is 320 g/mol. The van der Waals surface area contributed by atoms with Gasteiger partial charge in [-0.25, -0.2) is 0 Å². The first-order valence-corrected chi connectivity index (χ1v) is 8.36. The fraction of sp³-hybridized carbons (Fsp3) is 0.611. The lowest BCUT2D eigenvalue weighted by atomic mass is 9.97. The Morgan fingerprint density at radius 2 is 2.09 bits per heavy atom. The van der Waals surface area contributed by atoms with Gasteiger partial charge in [0, 0.05) is 13.1 Å².